The number of ether oxygens (including phenoxy) is 1. The number of halogens is 2. The SMILES string of the molecule is C[C@H]1COC[C@H](C)N1Cc1cc(F)c(N)cc1F. The monoisotopic (exact) mass is 256 g/mol. The molecule has 1 aromatic rings. The Morgan fingerprint density at radius 3 is 2.44 bits per heavy atom. The van der Waals surface area contributed by atoms with Crippen molar-refractivity contribution in [2.24, 2.45) is 0 Å². The Kier molecular flexibility index (Phi) is 3.82. The van der Waals surface area contributed by atoms with Crippen LogP contribution in [0.2, 0.25) is 0 Å². The average molecular weight is 256 g/mol. The Balaban J connectivity index is 2.20. The van der Waals surface area contributed by atoms with Crippen molar-refractivity contribution in [2.75, 3.05) is 18.9 Å². The summed E-state index contributed by atoms with van der Waals surface area (Å²) in [6.45, 7) is 5.63. The molecule has 100 valence electrons. The molecule has 2 atom stereocenters. The van der Waals surface area contributed by atoms with E-state index in [9.17, 15) is 8.78 Å². The Labute approximate surface area is 106 Å². The first-order valence-corrected chi connectivity index (χ1v) is 6.06. The summed E-state index contributed by atoms with van der Waals surface area (Å²) in [5.41, 5.74) is 5.51. The third-order valence-corrected chi connectivity index (χ3v) is 3.37. The van der Waals surface area contributed by atoms with E-state index in [0.29, 0.717) is 25.3 Å². The summed E-state index contributed by atoms with van der Waals surface area (Å²) in [6, 6.07) is 2.60. The van der Waals surface area contributed by atoms with Crippen molar-refractivity contribution in [1.82, 2.24) is 4.90 Å². The predicted molar refractivity (Wildman–Crippen MR) is 66.1 cm³/mol. The first-order chi connectivity index (χ1) is 8.49. The molecule has 18 heavy (non-hydrogen) atoms. The van der Waals surface area contributed by atoms with Crippen molar-refractivity contribution < 1.29 is 13.5 Å². The van der Waals surface area contributed by atoms with Gasteiger partial charge in [-0.1, -0.05) is 0 Å². The number of rotatable bonds is 2. The normalized spacial score (nSPS) is 25.3. The van der Waals surface area contributed by atoms with Crippen LogP contribution in [0, 0.1) is 11.6 Å². The van der Waals surface area contributed by atoms with Gasteiger partial charge in [0.25, 0.3) is 0 Å². The Bertz CT molecular complexity index is 429. The van der Waals surface area contributed by atoms with E-state index in [1.807, 2.05) is 13.8 Å². The summed E-state index contributed by atoms with van der Waals surface area (Å²) in [4.78, 5) is 2.11. The van der Waals surface area contributed by atoms with Crippen molar-refractivity contribution in [2.45, 2.75) is 32.5 Å². The number of hydrogen-bond acceptors (Lipinski definition) is 3. The molecule has 0 radical (unpaired) electrons. The summed E-state index contributed by atoms with van der Waals surface area (Å²) in [5.74, 6) is -1.03. The Morgan fingerprint density at radius 2 is 1.83 bits per heavy atom. The number of nitrogens with zero attached hydrogens (tertiary/aromatic N) is 1. The van der Waals surface area contributed by atoms with Gasteiger partial charge in [-0.15, -0.1) is 0 Å². The van der Waals surface area contributed by atoms with Crippen LogP contribution in [0.5, 0.6) is 0 Å². The van der Waals surface area contributed by atoms with E-state index in [1.54, 1.807) is 0 Å². The highest BCUT2D eigenvalue weighted by Crippen LogP contribution is 2.22. The second-order valence-corrected chi connectivity index (χ2v) is 4.87. The second-order valence-electron chi connectivity index (χ2n) is 4.87. The van der Waals surface area contributed by atoms with Crippen molar-refractivity contribution in [3.63, 3.8) is 0 Å². The lowest BCUT2D eigenvalue weighted by atomic mass is 10.1. The number of benzene rings is 1. The number of anilines is 1. The molecule has 1 aliphatic rings. The fourth-order valence-corrected chi connectivity index (χ4v) is 2.27. The van der Waals surface area contributed by atoms with Crippen LogP contribution in [0.4, 0.5) is 14.5 Å². The molecule has 2 rings (SSSR count). The summed E-state index contributed by atoms with van der Waals surface area (Å²) < 4.78 is 32.5. The largest absolute Gasteiger partial charge is 0.396 e. The van der Waals surface area contributed by atoms with Crippen molar-refractivity contribution >= 4 is 5.69 Å². The number of hydrogen-bond donors (Lipinski definition) is 1. The van der Waals surface area contributed by atoms with Crippen LogP contribution in [0.1, 0.15) is 19.4 Å². The lowest BCUT2D eigenvalue weighted by molar-refractivity contribution is -0.0413. The molecule has 5 heteroatoms. The zero-order valence-corrected chi connectivity index (χ0v) is 10.6. The van der Waals surface area contributed by atoms with Crippen molar-refractivity contribution in [3.05, 3.63) is 29.3 Å². The Hall–Kier alpha value is -1.20. The van der Waals surface area contributed by atoms with Crippen LogP contribution in [0.15, 0.2) is 12.1 Å². The van der Waals surface area contributed by atoms with Gasteiger partial charge in [0, 0.05) is 30.3 Å². The maximum absolute atomic E-state index is 13.7. The maximum Gasteiger partial charge on any atom is 0.146 e. The van der Waals surface area contributed by atoms with Gasteiger partial charge in [0.2, 0.25) is 0 Å². The first kappa shape index (κ1) is 13.2. The van der Waals surface area contributed by atoms with Crippen LogP contribution < -0.4 is 5.73 Å². The molecule has 1 aliphatic heterocycles. The molecule has 1 fully saturated rings. The molecule has 0 aliphatic carbocycles. The summed E-state index contributed by atoms with van der Waals surface area (Å²) in [6.07, 6.45) is 0. The van der Waals surface area contributed by atoms with Crippen LogP contribution in [0.3, 0.4) is 0 Å². The highest BCUT2D eigenvalue weighted by atomic mass is 19.1. The van der Waals surface area contributed by atoms with E-state index >= 15 is 0 Å². The van der Waals surface area contributed by atoms with Crippen LogP contribution in [-0.4, -0.2) is 30.2 Å². The molecular weight excluding hydrogens is 238 g/mol. The van der Waals surface area contributed by atoms with E-state index in [1.165, 1.54) is 6.07 Å². The van der Waals surface area contributed by atoms with Gasteiger partial charge in [-0.3, -0.25) is 4.90 Å². The van der Waals surface area contributed by atoms with Crippen molar-refractivity contribution in [3.8, 4) is 0 Å². The van der Waals surface area contributed by atoms with Gasteiger partial charge in [-0.2, -0.15) is 0 Å². The molecule has 1 heterocycles. The van der Waals surface area contributed by atoms with Crippen molar-refractivity contribution in [1.29, 1.82) is 0 Å². The van der Waals surface area contributed by atoms with E-state index in [4.69, 9.17) is 10.5 Å². The fraction of sp³-hybridized carbons (Fsp3) is 0.538. The maximum atomic E-state index is 13.7. The van der Waals surface area contributed by atoms with E-state index in [-0.39, 0.29) is 17.8 Å². The van der Waals surface area contributed by atoms with Gasteiger partial charge in [-0.05, 0) is 19.9 Å². The molecular formula is C13H18F2N2O. The van der Waals surface area contributed by atoms with Gasteiger partial charge in [-0.25, -0.2) is 8.78 Å². The summed E-state index contributed by atoms with van der Waals surface area (Å²) in [5, 5.41) is 0. The number of nitrogen functional groups attached to an aromatic ring is 1. The minimum Gasteiger partial charge on any atom is -0.396 e. The lowest BCUT2D eigenvalue weighted by Gasteiger charge is -2.38. The van der Waals surface area contributed by atoms with Crippen LogP contribution >= 0.6 is 0 Å². The summed E-state index contributed by atoms with van der Waals surface area (Å²) in [7, 11) is 0. The number of nitrogens with two attached hydrogens (primary N) is 1. The number of morpholine rings is 1. The molecule has 0 spiro atoms. The van der Waals surface area contributed by atoms with Gasteiger partial charge in [0.15, 0.2) is 0 Å². The zero-order chi connectivity index (χ0) is 13.3. The van der Waals surface area contributed by atoms with Gasteiger partial charge < -0.3 is 10.5 Å². The quantitative estimate of drug-likeness (QED) is 0.824. The predicted octanol–water partition coefficient (Wildman–Crippen LogP) is 2.16. The Morgan fingerprint density at radius 1 is 1.22 bits per heavy atom. The lowest BCUT2D eigenvalue weighted by Crippen LogP contribution is -2.48. The third-order valence-electron chi connectivity index (χ3n) is 3.37. The van der Waals surface area contributed by atoms with Crippen LogP contribution in [-0.2, 0) is 11.3 Å². The highest BCUT2D eigenvalue weighted by molar-refractivity contribution is 5.42. The van der Waals surface area contributed by atoms with Crippen LogP contribution in [0.25, 0.3) is 0 Å². The zero-order valence-electron chi connectivity index (χ0n) is 10.6. The van der Waals surface area contributed by atoms with Gasteiger partial charge >= 0.3 is 0 Å². The average Bonchev–Trinajstić information content (AvgIpc) is 2.30. The molecule has 0 bridgehead atoms. The molecule has 0 unspecified atom stereocenters. The minimum absolute atomic E-state index is 0.153. The standard InChI is InChI=1S/C13H18F2N2O/c1-8-6-18-7-9(2)17(8)5-10-3-12(15)13(16)4-11(10)14/h3-4,8-9H,5-7,16H2,1-2H3/t8-,9-/m0/s1. The summed E-state index contributed by atoms with van der Waals surface area (Å²) >= 11 is 0. The molecule has 1 saturated heterocycles. The highest BCUT2D eigenvalue weighted by Gasteiger charge is 2.26. The first-order valence-electron chi connectivity index (χ1n) is 6.06. The third kappa shape index (κ3) is 2.62. The molecule has 3 nitrogen and oxygen atoms in total. The van der Waals surface area contributed by atoms with E-state index < -0.39 is 11.6 Å². The van der Waals surface area contributed by atoms with E-state index in [0.717, 1.165) is 6.07 Å². The molecule has 0 saturated carbocycles. The fourth-order valence-electron chi connectivity index (χ4n) is 2.27. The van der Waals surface area contributed by atoms with Gasteiger partial charge in [0.1, 0.15) is 11.6 Å². The molecule has 0 amide bonds. The second kappa shape index (κ2) is 5.20. The van der Waals surface area contributed by atoms with Gasteiger partial charge in [0.05, 0.1) is 18.9 Å². The molecule has 1 aromatic carbocycles. The smallest absolute Gasteiger partial charge is 0.146 e. The molecule has 2 N–H and O–H groups in total. The van der Waals surface area contributed by atoms with E-state index in [2.05, 4.69) is 4.90 Å². The topological polar surface area (TPSA) is 38.5 Å². The minimum atomic E-state index is -0.569. The molecule has 0 aromatic heterocycles.